The number of hydrogen-bond acceptors (Lipinski definition) is 1. The predicted molar refractivity (Wildman–Crippen MR) is 91.5 cm³/mol. The minimum absolute atomic E-state index is 0.00964. The minimum Gasteiger partial charge on any atom is -0.393 e. The van der Waals surface area contributed by atoms with Crippen molar-refractivity contribution in [3.63, 3.8) is 0 Å². The van der Waals surface area contributed by atoms with Gasteiger partial charge in [0.05, 0.1) is 6.10 Å². The van der Waals surface area contributed by atoms with Gasteiger partial charge in [0.15, 0.2) is 0 Å². The molecule has 4 aliphatic carbocycles. The lowest BCUT2D eigenvalue weighted by Gasteiger charge is -2.60. The Balaban J connectivity index is 1.63. The van der Waals surface area contributed by atoms with Crippen LogP contribution in [0.2, 0.25) is 0 Å². The van der Waals surface area contributed by atoms with Gasteiger partial charge in [0.2, 0.25) is 0 Å². The zero-order valence-electron chi connectivity index (χ0n) is 14.8. The van der Waals surface area contributed by atoms with Crippen molar-refractivity contribution in [2.75, 3.05) is 0 Å². The van der Waals surface area contributed by atoms with Gasteiger partial charge in [-0.3, -0.25) is 0 Å². The first-order valence-corrected chi connectivity index (χ1v) is 9.83. The average molecular weight is 303 g/mol. The summed E-state index contributed by atoms with van der Waals surface area (Å²) in [7, 11) is 0. The molecule has 124 valence electrons. The van der Waals surface area contributed by atoms with E-state index in [0.717, 1.165) is 36.5 Å². The SMILES string of the molecule is C/C=C1/CC[C@H]2[C@@H]3CCC4C[C@H](O)CC[C@]4(C)[C@H]3CC[C@]12C. The second kappa shape index (κ2) is 5.10. The zero-order chi connectivity index (χ0) is 15.5. The van der Waals surface area contributed by atoms with Gasteiger partial charge in [-0.1, -0.05) is 25.5 Å². The Bertz CT molecular complexity index is 480. The van der Waals surface area contributed by atoms with Gasteiger partial charge in [0.1, 0.15) is 0 Å². The highest BCUT2D eigenvalue weighted by molar-refractivity contribution is 5.23. The lowest BCUT2D eigenvalue weighted by Crippen LogP contribution is -2.53. The maximum Gasteiger partial charge on any atom is 0.0543 e. The first kappa shape index (κ1) is 15.2. The van der Waals surface area contributed by atoms with Crippen LogP contribution in [0.1, 0.15) is 78.6 Å². The summed E-state index contributed by atoms with van der Waals surface area (Å²) in [6, 6.07) is 0. The third-order valence-electron chi connectivity index (χ3n) is 8.83. The summed E-state index contributed by atoms with van der Waals surface area (Å²) in [4.78, 5) is 0. The van der Waals surface area contributed by atoms with Crippen LogP contribution in [0.4, 0.5) is 0 Å². The largest absolute Gasteiger partial charge is 0.393 e. The Morgan fingerprint density at radius 1 is 1.00 bits per heavy atom. The van der Waals surface area contributed by atoms with E-state index >= 15 is 0 Å². The summed E-state index contributed by atoms with van der Waals surface area (Å²) in [5.41, 5.74) is 2.82. The molecule has 4 rings (SSSR count). The Kier molecular flexibility index (Phi) is 3.53. The first-order valence-electron chi connectivity index (χ1n) is 9.83. The van der Waals surface area contributed by atoms with E-state index in [0.29, 0.717) is 10.8 Å². The van der Waals surface area contributed by atoms with Crippen molar-refractivity contribution in [3.8, 4) is 0 Å². The standard InChI is InChI=1S/C21H34O/c1-4-14-6-8-18-17-7-5-15-13-16(22)9-11-21(15,3)19(17)10-12-20(14,18)2/h4,15-19,22H,5-13H2,1-3H3/b14-4-/t15?,16-,17+,18+,19+,20-,21+/m1/s1. The fourth-order valence-corrected chi connectivity index (χ4v) is 7.56. The van der Waals surface area contributed by atoms with Crippen LogP contribution >= 0.6 is 0 Å². The van der Waals surface area contributed by atoms with Crippen molar-refractivity contribution in [1.82, 2.24) is 0 Å². The number of aliphatic hydroxyl groups is 1. The molecule has 22 heavy (non-hydrogen) atoms. The van der Waals surface area contributed by atoms with E-state index in [9.17, 15) is 5.11 Å². The highest BCUT2D eigenvalue weighted by Gasteiger charge is 2.58. The van der Waals surface area contributed by atoms with Crippen molar-refractivity contribution >= 4 is 0 Å². The molecule has 4 fully saturated rings. The molecule has 4 aliphatic rings. The van der Waals surface area contributed by atoms with Crippen LogP contribution in [0.15, 0.2) is 11.6 Å². The smallest absolute Gasteiger partial charge is 0.0543 e. The molecule has 0 saturated heterocycles. The van der Waals surface area contributed by atoms with Crippen LogP contribution in [0, 0.1) is 34.5 Å². The molecule has 0 aliphatic heterocycles. The second-order valence-corrected chi connectivity index (χ2v) is 9.39. The summed E-state index contributed by atoms with van der Waals surface area (Å²) >= 11 is 0. The summed E-state index contributed by atoms with van der Waals surface area (Å²) in [5.74, 6) is 3.65. The summed E-state index contributed by atoms with van der Waals surface area (Å²) in [6.07, 6.45) is 14.3. The maximum atomic E-state index is 10.1. The summed E-state index contributed by atoms with van der Waals surface area (Å²) in [5, 5.41) is 10.1. The number of rotatable bonds is 0. The molecule has 1 N–H and O–H groups in total. The van der Waals surface area contributed by atoms with Gasteiger partial charge in [-0.25, -0.2) is 0 Å². The molecule has 0 aromatic heterocycles. The zero-order valence-corrected chi connectivity index (χ0v) is 14.8. The molecule has 0 spiro atoms. The number of fused-ring (bicyclic) bond motifs is 5. The minimum atomic E-state index is -0.00964. The highest BCUT2D eigenvalue weighted by Crippen LogP contribution is 2.67. The molecule has 0 bridgehead atoms. The third kappa shape index (κ3) is 1.93. The Hall–Kier alpha value is -0.300. The van der Waals surface area contributed by atoms with E-state index in [1.807, 2.05) is 0 Å². The van der Waals surface area contributed by atoms with Crippen molar-refractivity contribution in [2.45, 2.75) is 84.7 Å². The van der Waals surface area contributed by atoms with Crippen molar-refractivity contribution in [3.05, 3.63) is 11.6 Å². The topological polar surface area (TPSA) is 20.2 Å². The van der Waals surface area contributed by atoms with Crippen LogP contribution < -0.4 is 0 Å². The summed E-state index contributed by atoms with van der Waals surface area (Å²) < 4.78 is 0. The van der Waals surface area contributed by atoms with Gasteiger partial charge in [0, 0.05) is 0 Å². The first-order chi connectivity index (χ1) is 10.5. The van der Waals surface area contributed by atoms with Crippen LogP contribution in [0.5, 0.6) is 0 Å². The van der Waals surface area contributed by atoms with E-state index in [2.05, 4.69) is 26.8 Å². The fourth-order valence-electron chi connectivity index (χ4n) is 7.56. The van der Waals surface area contributed by atoms with E-state index < -0.39 is 0 Å². The molecule has 0 radical (unpaired) electrons. The van der Waals surface area contributed by atoms with E-state index in [1.54, 1.807) is 5.57 Å². The van der Waals surface area contributed by atoms with Gasteiger partial charge in [-0.05, 0) is 99.2 Å². The lowest BCUT2D eigenvalue weighted by atomic mass is 9.45. The molecule has 0 aromatic carbocycles. The highest BCUT2D eigenvalue weighted by atomic mass is 16.3. The maximum absolute atomic E-state index is 10.1. The quantitative estimate of drug-likeness (QED) is 0.599. The van der Waals surface area contributed by atoms with Crippen molar-refractivity contribution in [2.24, 2.45) is 34.5 Å². The average Bonchev–Trinajstić information content (AvgIpc) is 2.84. The van der Waals surface area contributed by atoms with Crippen molar-refractivity contribution in [1.29, 1.82) is 0 Å². The van der Waals surface area contributed by atoms with Crippen LogP contribution in [0.3, 0.4) is 0 Å². The molecule has 0 heterocycles. The molecule has 0 aromatic rings. The van der Waals surface area contributed by atoms with Crippen LogP contribution in [-0.4, -0.2) is 11.2 Å². The van der Waals surface area contributed by atoms with Crippen LogP contribution in [0.25, 0.3) is 0 Å². The molecule has 1 nitrogen and oxygen atoms in total. The molecular formula is C21H34O. The molecule has 1 unspecified atom stereocenters. The predicted octanol–water partition coefficient (Wildman–Crippen LogP) is 5.34. The van der Waals surface area contributed by atoms with Gasteiger partial charge in [0.25, 0.3) is 0 Å². The Morgan fingerprint density at radius 3 is 2.59 bits per heavy atom. The number of aliphatic hydroxyl groups excluding tert-OH is 1. The Morgan fingerprint density at radius 2 is 1.82 bits per heavy atom. The number of hydrogen-bond donors (Lipinski definition) is 1. The van der Waals surface area contributed by atoms with Crippen LogP contribution in [-0.2, 0) is 0 Å². The van der Waals surface area contributed by atoms with Gasteiger partial charge in [-0.2, -0.15) is 0 Å². The van der Waals surface area contributed by atoms with Gasteiger partial charge >= 0.3 is 0 Å². The monoisotopic (exact) mass is 302 g/mol. The summed E-state index contributed by atoms with van der Waals surface area (Å²) in [6.45, 7) is 7.43. The molecule has 7 atom stereocenters. The molecular weight excluding hydrogens is 268 g/mol. The van der Waals surface area contributed by atoms with Gasteiger partial charge < -0.3 is 5.11 Å². The van der Waals surface area contributed by atoms with Crippen molar-refractivity contribution < 1.29 is 5.11 Å². The molecule has 0 amide bonds. The second-order valence-electron chi connectivity index (χ2n) is 9.39. The fraction of sp³-hybridized carbons (Fsp3) is 0.905. The third-order valence-corrected chi connectivity index (χ3v) is 8.83. The molecule has 4 saturated carbocycles. The van der Waals surface area contributed by atoms with E-state index in [-0.39, 0.29) is 6.10 Å². The normalized spacial score (nSPS) is 56.4. The van der Waals surface area contributed by atoms with E-state index in [4.69, 9.17) is 0 Å². The van der Waals surface area contributed by atoms with E-state index in [1.165, 1.54) is 44.9 Å². The number of allylic oxidation sites excluding steroid dienone is 2. The molecule has 1 heteroatoms. The lowest BCUT2D eigenvalue weighted by molar-refractivity contribution is -0.116. The Labute approximate surface area is 136 Å². The van der Waals surface area contributed by atoms with Gasteiger partial charge in [-0.15, -0.1) is 0 Å².